The highest BCUT2D eigenvalue weighted by molar-refractivity contribution is 6.06. The summed E-state index contributed by atoms with van der Waals surface area (Å²) in [4.78, 5) is 12.5. The van der Waals surface area contributed by atoms with Crippen LogP contribution in [-0.4, -0.2) is 12.3 Å². The largest absolute Gasteiger partial charge is 0.573 e. The molecule has 1 aliphatic heterocycles. The number of amides is 1. The molecule has 0 spiro atoms. The number of nitrogens with one attached hydrogen (secondary N) is 1. The Balaban J connectivity index is 1.94. The van der Waals surface area contributed by atoms with Crippen molar-refractivity contribution in [3.05, 3.63) is 59.2 Å². The lowest BCUT2D eigenvalue weighted by Gasteiger charge is -2.22. The van der Waals surface area contributed by atoms with Crippen LogP contribution in [-0.2, 0) is 16.6 Å². The number of benzene rings is 2. The van der Waals surface area contributed by atoms with Gasteiger partial charge in [0.1, 0.15) is 5.75 Å². The lowest BCUT2D eigenvalue weighted by atomic mass is 9.78. The van der Waals surface area contributed by atoms with Gasteiger partial charge in [0.05, 0.1) is 17.0 Å². The molecule has 1 aliphatic rings. The molecular formula is C18H13F3N2O2. The van der Waals surface area contributed by atoms with Gasteiger partial charge < -0.3 is 10.1 Å². The molecule has 1 amide bonds. The van der Waals surface area contributed by atoms with Crippen molar-refractivity contribution in [1.82, 2.24) is 0 Å². The van der Waals surface area contributed by atoms with E-state index >= 15 is 0 Å². The van der Waals surface area contributed by atoms with Crippen LogP contribution in [0.2, 0.25) is 0 Å². The number of rotatable bonds is 3. The van der Waals surface area contributed by atoms with Gasteiger partial charge in [0.2, 0.25) is 5.91 Å². The molecule has 2 aromatic rings. The van der Waals surface area contributed by atoms with E-state index in [0.717, 1.165) is 11.6 Å². The lowest BCUT2D eigenvalue weighted by Crippen LogP contribution is -2.33. The Labute approximate surface area is 141 Å². The smallest absolute Gasteiger partial charge is 0.406 e. The number of halogens is 3. The third-order valence-electron chi connectivity index (χ3n) is 4.18. The number of anilines is 1. The number of fused-ring (bicyclic) bond motifs is 1. The SMILES string of the molecule is CC1(Cc2cccc(C#N)c2)C(=O)Nc2cc(OC(F)(F)F)ccc21. The molecule has 0 radical (unpaired) electrons. The maximum atomic E-state index is 12.5. The van der Waals surface area contributed by atoms with Crippen molar-refractivity contribution < 1.29 is 22.7 Å². The second-order valence-electron chi connectivity index (χ2n) is 6.03. The number of hydrogen-bond donors (Lipinski definition) is 1. The van der Waals surface area contributed by atoms with Gasteiger partial charge in [0.15, 0.2) is 0 Å². The molecule has 0 aromatic heterocycles. The Kier molecular flexibility index (Phi) is 3.91. The summed E-state index contributed by atoms with van der Waals surface area (Å²) in [5.41, 5.74) is 1.22. The topological polar surface area (TPSA) is 62.1 Å². The average molecular weight is 346 g/mol. The molecule has 0 bridgehead atoms. The minimum Gasteiger partial charge on any atom is -0.406 e. The molecule has 0 fully saturated rings. The van der Waals surface area contributed by atoms with E-state index in [0.29, 0.717) is 23.2 Å². The summed E-state index contributed by atoms with van der Waals surface area (Å²) in [7, 11) is 0. The summed E-state index contributed by atoms with van der Waals surface area (Å²) >= 11 is 0. The summed E-state index contributed by atoms with van der Waals surface area (Å²) in [6.45, 7) is 1.72. The van der Waals surface area contributed by atoms with Gasteiger partial charge >= 0.3 is 6.36 Å². The Hall–Kier alpha value is -3.01. The van der Waals surface area contributed by atoms with Gasteiger partial charge in [0, 0.05) is 11.8 Å². The monoisotopic (exact) mass is 346 g/mol. The molecule has 0 aliphatic carbocycles. The van der Waals surface area contributed by atoms with Crippen LogP contribution in [0.5, 0.6) is 5.75 Å². The van der Waals surface area contributed by atoms with E-state index in [9.17, 15) is 18.0 Å². The maximum absolute atomic E-state index is 12.5. The van der Waals surface area contributed by atoms with E-state index in [1.165, 1.54) is 12.1 Å². The predicted octanol–water partition coefficient (Wildman–Crippen LogP) is 3.91. The van der Waals surface area contributed by atoms with E-state index in [1.807, 2.05) is 6.07 Å². The number of carbonyl (C=O) groups is 1. The lowest BCUT2D eigenvalue weighted by molar-refractivity contribution is -0.274. The fourth-order valence-electron chi connectivity index (χ4n) is 3.02. The zero-order chi connectivity index (χ0) is 18.2. The van der Waals surface area contributed by atoms with Crippen molar-refractivity contribution in [2.75, 3.05) is 5.32 Å². The van der Waals surface area contributed by atoms with Crippen LogP contribution in [0.1, 0.15) is 23.6 Å². The van der Waals surface area contributed by atoms with Gasteiger partial charge in [-0.3, -0.25) is 4.79 Å². The third-order valence-corrected chi connectivity index (χ3v) is 4.18. The van der Waals surface area contributed by atoms with E-state index in [-0.39, 0.29) is 11.7 Å². The molecule has 0 saturated carbocycles. The van der Waals surface area contributed by atoms with Crippen molar-refractivity contribution in [2.24, 2.45) is 0 Å². The maximum Gasteiger partial charge on any atom is 0.573 e. The first-order chi connectivity index (χ1) is 11.7. The van der Waals surface area contributed by atoms with Gasteiger partial charge in [0.25, 0.3) is 0 Å². The number of nitriles is 1. The average Bonchev–Trinajstić information content (AvgIpc) is 2.76. The van der Waals surface area contributed by atoms with Crippen LogP contribution in [0.15, 0.2) is 42.5 Å². The minimum atomic E-state index is -4.79. The van der Waals surface area contributed by atoms with E-state index in [1.54, 1.807) is 31.2 Å². The Bertz CT molecular complexity index is 887. The summed E-state index contributed by atoms with van der Waals surface area (Å²) in [5, 5.41) is 11.6. The quantitative estimate of drug-likeness (QED) is 0.917. The van der Waals surface area contributed by atoms with Crippen LogP contribution in [0.25, 0.3) is 0 Å². The van der Waals surface area contributed by atoms with Crippen LogP contribution < -0.4 is 10.1 Å². The first-order valence-corrected chi connectivity index (χ1v) is 7.42. The fourth-order valence-corrected chi connectivity index (χ4v) is 3.02. The molecule has 4 nitrogen and oxygen atoms in total. The first kappa shape index (κ1) is 16.8. The predicted molar refractivity (Wildman–Crippen MR) is 84.0 cm³/mol. The summed E-state index contributed by atoms with van der Waals surface area (Å²) < 4.78 is 40.9. The van der Waals surface area contributed by atoms with Crippen LogP contribution in [0.3, 0.4) is 0 Å². The number of nitrogens with zero attached hydrogens (tertiary/aromatic N) is 1. The summed E-state index contributed by atoms with van der Waals surface area (Å²) in [6, 6.07) is 12.7. The molecule has 128 valence electrons. The minimum absolute atomic E-state index is 0.297. The molecule has 2 aromatic carbocycles. The van der Waals surface area contributed by atoms with Crippen molar-refractivity contribution in [3.8, 4) is 11.8 Å². The van der Waals surface area contributed by atoms with E-state index < -0.39 is 11.8 Å². The normalized spacial score (nSPS) is 19.1. The fraction of sp³-hybridized carbons (Fsp3) is 0.222. The zero-order valence-electron chi connectivity index (χ0n) is 13.1. The molecule has 0 saturated heterocycles. The molecule has 25 heavy (non-hydrogen) atoms. The number of alkyl halides is 3. The van der Waals surface area contributed by atoms with Gasteiger partial charge in [-0.25, -0.2) is 0 Å². The Morgan fingerprint density at radius 1 is 1.24 bits per heavy atom. The molecule has 3 rings (SSSR count). The van der Waals surface area contributed by atoms with Crippen LogP contribution >= 0.6 is 0 Å². The highest BCUT2D eigenvalue weighted by Crippen LogP contribution is 2.42. The number of ether oxygens (including phenoxy) is 1. The summed E-state index contributed by atoms with van der Waals surface area (Å²) in [5.74, 6) is -0.698. The second kappa shape index (κ2) is 5.81. The standard InChI is InChI=1S/C18H13F3N2O2/c1-17(9-11-3-2-4-12(7-11)10-22)14-6-5-13(25-18(19,20)21)8-15(14)23-16(17)24/h2-8H,9H2,1H3,(H,23,24). The van der Waals surface area contributed by atoms with Crippen LogP contribution in [0, 0.1) is 11.3 Å². The van der Waals surface area contributed by atoms with Gasteiger partial charge in [-0.1, -0.05) is 18.2 Å². The Morgan fingerprint density at radius 3 is 2.68 bits per heavy atom. The number of carbonyl (C=O) groups excluding carboxylic acids is 1. The summed E-state index contributed by atoms with van der Waals surface area (Å²) in [6.07, 6.45) is -4.47. The second-order valence-corrected chi connectivity index (χ2v) is 6.03. The van der Waals surface area contributed by atoms with Crippen LogP contribution in [0.4, 0.5) is 18.9 Å². The van der Waals surface area contributed by atoms with Crippen molar-refractivity contribution >= 4 is 11.6 Å². The molecule has 1 unspecified atom stereocenters. The molecule has 1 heterocycles. The molecule has 1 atom stereocenters. The third kappa shape index (κ3) is 3.29. The zero-order valence-corrected chi connectivity index (χ0v) is 13.1. The van der Waals surface area contributed by atoms with Gasteiger partial charge in [-0.05, 0) is 42.7 Å². The van der Waals surface area contributed by atoms with Gasteiger partial charge in [-0.2, -0.15) is 5.26 Å². The molecule has 7 heteroatoms. The van der Waals surface area contributed by atoms with Crippen molar-refractivity contribution in [2.45, 2.75) is 25.1 Å². The van der Waals surface area contributed by atoms with E-state index in [4.69, 9.17) is 5.26 Å². The highest BCUT2D eigenvalue weighted by Gasteiger charge is 2.43. The molecular weight excluding hydrogens is 333 g/mol. The van der Waals surface area contributed by atoms with E-state index in [2.05, 4.69) is 10.1 Å². The Morgan fingerprint density at radius 2 is 2.00 bits per heavy atom. The first-order valence-electron chi connectivity index (χ1n) is 7.42. The van der Waals surface area contributed by atoms with Gasteiger partial charge in [-0.15, -0.1) is 13.2 Å². The van der Waals surface area contributed by atoms with Crippen molar-refractivity contribution in [3.63, 3.8) is 0 Å². The molecule has 1 N–H and O–H groups in total. The van der Waals surface area contributed by atoms with Crippen molar-refractivity contribution in [1.29, 1.82) is 5.26 Å². The number of hydrogen-bond acceptors (Lipinski definition) is 3. The highest BCUT2D eigenvalue weighted by atomic mass is 19.4.